The van der Waals surface area contributed by atoms with Crippen LogP contribution >= 0.6 is 0 Å². The first-order chi connectivity index (χ1) is 16.5. The molecule has 1 atom stereocenters. The van der Waals surface area contributed by atoms with Gasteiger partial charge in [-0.2, -0.15) is 0 Å². The van der Waals surface area contributed by atoms with Crippen molar-refractivity contribution in [3.8, 4) is 5.75 Å². The van der Waals surface area contributed by atoms with E-state index in [9.17, 15) is 14.7 Å². The van der Waals surface area contributed by atoms with Crippen LogP contribution in [-0.4, -0.2) is 59.4 Å². The number of likely N-dealkylation sites (N-methyl/N-ethyl adjacent to an activating group) is 1. The number of hydrogen-bond donors (Lipinski definition) is 1. The number of rotatable bonds is 12. The number of ether oxygens (including phenoxy) is 1. The highest BCUT2D eigenvalue weighted by Gasteiger charge is 2.45. The molecular formula is C28H36N2O4. The Morgan fingerprint density at radius 1 is 0.971 bits per heavy atom. The summed E-state index contributed by atoms with van der Waals surface area (Å²) >= 11 is 0. The topological polar surface area (TPSA) is 70.1 Å². The Morgan fingerprint density at radius 2 is 1.65 bits per heavy atom. The molecule has 0 aromatic heterocycles. The normalized spacial score (nSPS) is 17.5. The summed E-state index contributed by atoms with van der Waals surface area (Å²) in [5.41, 5.74) is 1.43. The number of hydrogen-bond acceptors (Lipinski definition) is 5. The zero-order chi connectivity index (χ0) is 24.5. The lowest BCUT2D eigenvalue weighted by Crippen LogP contribution is -2.38. The number of ketones is 1. The van der Waals surface area contributed by atoms with Crippen molar-refractivity contribution in [2.75, 3.05) is 32.8 Å². The van der Waals surface area contributed by atoms with Crippen LogP contribution in [0.5, 0.6) is 5.75 Å². The van der Waals surface area contributed by atoms with Crippen LogP contribution in [0, 0.1) is 0 Å². The minimum absolute atomic E-state index is 0.132. The third-order valence-corrected chi connectivity index (χ3v) is 6.35. The molecule has 2 aromatic carbocycles. The van der Waals surface area contributed by atoms with Gasteiger partial charge in [-0.1, -0.05) is 76.1 Å². The van der Waals surface area contributed by atoms with Crippen LogP contribution in [0.1, 0.15) is 57.2 Å². The van der Waals surface area contributed by atoms with Gasteiger partial charge in [0.1, 0.15) is 11.5 Å². The first-order valence-electron chi connectivity index (χ1n) is 12.3. The third kappa shape index (κ3) is 5.86. The van der Waals surface area contributed by atoms with Gasteiger partial charge in [-0.05, 0) is 37.2 Å². The Balaban J connectivity index is 1.95. The maximum atomic E-state index is 13.1. The molecule has 1 fully saturated rings. The molecule has 6 nitrogen and oxygen atoms in total. The van der Waals surface area contributed by atoms with Gasteiger partial charge in [0.25, 0.3) is 11.7 Å². The minimum Gasteiger partial charge on any atom is -0.507 e. The number of aliphatic hydroxyl groups excluding tert-OH is 1. The van der Waals surface area contributed by atoms with E-state index in [2.05, 4.69) is 25.7 Å². The van der Waals surface area contributed by atoms with Crippen LogP contribution in [0.2, 0.25) is 0 Å². The number of carbonyl (C=O) groups excluding carboxylic acids is 2. The number of nitrogens with zero attached hydrogens (tertiary/aromatic N) is 2. The predicted molar refractivity (Wildman–Crippen MR) is 135 cm³/mol. The maximum Gasteiger partial charge on any atom is 0.295 e. The molecule has 1 unspecified atom stereocenters. The summed E-state index contributed by atoms with van der Waals surface area (Å²) in [4.78, 5) is 30.0. The first-order valence-corrected chi connectivity index (χ1v) is 12.3. The van der Waals surface area contributed by atoms with E-state index >= 15 is 0 Å². The van der Waals surface area contributed by atoms with E-state index in [1.807, 2.05) is 30.3 Å². The maximum absolute atomic E-state index is 13.1. The van der Waals surface area contributed by atoms with Gasteiger partial charge in [-0.15, -0.1) is 0 Å². The van der Waals surface area contributed by atoms with Gasteiger partial charge >= 0.3 is 0 Å². The highest BCUT2D eigenvalue weighted by atomic mass is 16.5. The molecule has 0 radical (unpaired) electrons. The van der Waals surface area contributed by atoms with Gasteiger partial charge in [-0.25, -0.2) is 0 Å². The quantitative estimate of drug-likeness (QED) is 0.207. The van der Waals surface area contributed by atoms with E-state index in [1.165, 1.54) is 0 Å². The number of aliphatic hydroxyl groups is 1. The number of likely N-dealkylation sites (tertiary alicyclic amines) is 1. The second kappa shape index (κ2) is 12.4. The molecule has 6 heteroatoms. The fraction of sp³-hybridized carbons (Fsp3) is 0.429. The predicted octanol–water partition coefficient (Wildman–Crippen LogP) is 5.02. The molecule has 2 aromatic rings. The molecule has 1 saturated heterocycles. The molecule has 3 rings (SSSR count). The SMILES string of the molecule is CCCCCOc1ccc(C2C(=C(O)c3ccccc3)C(=O)C(=O)N2CCN(CC)CC)cc1. The van der Waals surface area contributed by atoms with Gasteiger partial charge in [-0.3, -0.25) is 9.59 Å². The standard InChI is InChI=1S/C28H36N2O4/c1-4-7-11-20-34-23-16-14-21(15-17-23)25-24(26(31)22-12-9-8-10-13-22)27(32)28(33)30(25)19-18-29(5-2)6-3/h8-10,12-17,25,31H,4-7,11,18-20H2,1-3H3. The highest BCUT2D eigenvalue weighted by Crippen LogP contribution is 2.39. The van der Waals surface area contributed by atoms with Crippen LogP contribution in [0.15, 0.2) is 60.2 Å². The molecular weight excluding hydrogens is 428 g/mol. The Morgan fingerprint density at radius 3 is 2.26 bits per heavy atom. The Hall–Kier alpha value is -3.12. The number of unbranched alkanes of at least 4 members (excludes halogenated alkanes) is 2. The van der Waals surface area contributed by atoms with Crippen molar-refractivity contribution in [1.29, 1.82) is 0 Å². The Labute approximate surface area is 202 Å². The molecule has 1 N–H and O–H groups in total. The van der Waals surface area contributed by atoms with Crippen molar-refractivity contribution in [2.24, 2.45) is 0 Å². The number of carbonyl (C=O) groups is 2. The Kier molecular flexibility index (Phi) is 9.28. The van der Waals surface area contributed by atoms with Gasteiger partial charge in [0, 0.05) is 18.7 Å². The summed E-state index contributed by atoms with van der Waals surface area (Å²) in [6.45, 7) is 9.73. The number of benzene rings is 2. The van der Waals surface area contributed by atoms with Crippen LogP contribution in [0.25, 0.3) is 5.76 Å². The number of Topliss-reactive ketones (excluding diaryl/α,β-unsaturated/α-hetero) is 1. The van der Waals surface area contributed by atoms with E-state index in [4.69, 9.17) is 4.74 Å². The van der Waals surface area contributed by atoms with Crippen molar-refractivity contribution in [1.82, 2.24) is 9.80 Å². The van der Waals surface area contributed by atoms with Gasteiger partial charge in [0.2, 0.25) is 0 Å². The molecule has 0 aliphatic carbocycles. The van der Waals surface area contributed by atoms with Crippen LogP contribution in [0.4, 0.5) is 0 Å². The summed E-state index contributed by atoms with van der Waals surface area (Å²) < 4.78 is 5.83. The largest absolute Gasteiger partial charge is 0.507 e. The molecule has 34 heavy (non-hydrogen) atoms. The van der Waals surface area contributed by atoms with E-state index in [0.29, 0.717) is 25.3 Å². The average molecular weight is 465 g/mol. The van der Waals surface area contributed by atoms with Crippen molar-refractivity contribution < 1.29 is 19.4 Å². The summed E-state index contributed by atoms with van der Waals surface area (Å²) in [6.07, 6.45) is 3.26. The lowest BCUT2D eigenvalue weighted by Gasteiger charge is -2.28. The summed E-state index contributed by atoms with van der Waals surface area (Å²) in [5.74, 6) is -0.613. The zero-order valence-electron chi connectivity index (χ0n) is 20.5. The molecule has 0 saturated carbocycles. The fourth-order valence-corrected chi connectivity index (χ4v) is 4.29. The fourth-order valence-electron chi connectivity index (χ4n) is 4.29. The zero-order valence-corrected chi connectivity index (χ0v) is 20.5. The van der Waals surface area contributed by atoms with Crippen molar-refractivity contribution in [3.63, 3.8) is 0 Å². The lowest BCUT2D eigenvalue weighted by molar-refractivity contribution is -0.140. The first kappa shape index (κ1) is 25.5. The van der Waals surface area contributed by atoms with Crippen molar-refractivity contribution in [2.45, 2.75) is 46.1 Å². The molecule has 0 spiro atoms. The van der Waals surface area contributed by atoms with Crippen LogP contribution in [-0.2, 0) is 9.59 Å². The van der Waals surface area contributed by atoms with Gasteiger partial charge in [0.15, 0.2) is 0 Å². The number of amides is 1. The molecule has 1 amide bonds. The molecule has 0 bridgehead atoms. The monoisotopic (exact) mass is 464 g/mol. The summed E-state index contributed by atoms with van der Waals surface area (Å²) in [7, 11) is 0. The Bertz CT molecular complexity index is 981. The molecule has 182 valence electrons. The highest BCUT2D eigenvalue weighted by molar-refractivity contribution is 6.46. The second-order valence-corrected chi connectivity index (χ2v) is 8.51. The van der Waals surface area contributed by atoms with Crippen molar-refractivity contribution >= 4 is 17.4 Å². The van der Waals surface area contributed by atoms with Crippen molar-refractivity contribution in [3.05, 3.63) is 71.3 Å². The van der Waals surface area contributed by atoms with E-state index in [1.54, 1.807) is 29.2 Å². The molecule has 1 aliphatic rings. The van der Waals surface area contributed by atoms with Gasteiger partial charge < -0.3 is 19.6 Å². The molecule has 1 heterocycles. The average Bonchev–Trinajstić information content (AvgIpc) is 3.12. The van der Waals surface area contributed by atoms with Crippen LogP contribution < -0.4 is 4.74 Å². The molecule has 1 aliphatic heterocycles. The second-order valence-electron chi connectivity index (χ2n) is 8.51. The van der Waals surface area contributed by atoms with Crippen LogP contribution in [0.3, 0.4) is 0 Å². The lowest BCUT2D eigenvalue weighted by atomic mass is 9.95. The van der Waals surface area contributed by atoms with E-state index < -0.39 is 17.7 Å². The summed E-state index contributed by atoms with van der Waals surface area (Å²) in [6, 6.07) is 15.8. The van der Waals surface area contributed by atoms with E-state index in [0.717, 1.165) is 43.7 Å². The van der Waals surface area contributed by atoms with E-state index in [-0.39, 0.29) is 11.3 Å². The summed E-state index contributed by atoms with van der Waals surface area (Å²) in [5, 5.41) is 11.1. The third-order valence-electron chi connectivity index (χ3n) is 6.35. The smallest absolute Gasteiger partial charge is 0.295 e. The minimum atomic E-state index is -0.648. The van der Waals surface area contributed by atoms with Gasteiger partial charge in [0.05, 0.1) is 18.2 Å².